The van der Waals surface area contributed by atoms with E-state index in [2.05, 4.69) is 15.6 Å². The molecule has 0 spiro atoms. The van der Waals surface area contributed by atoms with Crippen LogP contribution in [-0.2, 0) is 4.79 Å². The van der Waals surface area contributed by atoms with E-state index in [9.17, 15) is 4.79 Å². The highest BCUT2D eigenvalue weighted by Crippen LogP contribution is 2.31. The molecule has 6 heteroatoms. The summed E-state index contributed by atoms with van der Waals surface area (Å²) in [5.41, 5.74) is 0.683. The Morgan fingerprint density at radius 1 is 1.24 bits per heavy atom. The Kier molecular flexibility index (Phi) is 6.25. The van der Waals surface area contributed by atoms with E-state index < -0.39 is 0 Å². The van der Waals surface area contributed by atoms with Crippen molar-refractivity contribution in [2.24, 2.45) is 5.92 Å². The van der Waals surface area contributed by atoms with Gasteiger partial charge in [-0.25, -0.2) is 0 Å². The minimum Gasteiger partial charge on any atom is -0.456 e. The molecular formula is C19H22ClN3O2. The zero-order valence-electron chi connectivity index (χ0n) is 14.0. The Balaban J connectivity index is 1.52. The van der Waals surface area contributed by atoms with Crippen LogP contribution in [0.5, 0.6) is 11.5 Å². The van der Waals surface area contributed by atoms with E-state index in [-0.39, 0.29) is 5.91 Å². The first-order valence-corrected chi connectivity index (χ1v) is 8.96. The number of piperidine rings is 1. The first-order valence-electron chi connectivity index (χ1n) is 8.59. The highest BCUT2D eigenvalue weighted by atomic mass is 35.5. The number of hydrogen-bond donors (Lipinski definition) is 2. The summed E-state index contributed by atoms with van der Waals surface area (Å²) in [6.45, 7) is 2.11. The Morgan fingerprint density at radius 2 is 2.00 bits per heavy atom. The van der Waals surface area contributed by atoms with Crippen LogP contribution in [0.1, 0.15) is 25.7 Å². The van der Waals surface area contributed by atoms with Crippen LogP contribution in [0.15, 0.2) is 42.7 Å². The molecule has 0 bridgehead atoms. The van der Waals surface area contributed by atoms with E-state index in [0.717, 1.165) is 32.4 Å². The molecule has 25 heavy (non-hydrogen) atoms. The molecule has 132 valence electrons. The number of carbonyl (C=O) groups is 1. The Morgan fingerprint density at radius 3 is 2.72 bits per heavy atom. The van der Waals surface area contributed by atoms with Crippen molar-refractivity contribution in [1.82, 2.24) is 10.3 Å². The number of halogens is 1. The van der Waals surface area contributed by atoms with Gasteiger partial charge in [0.05, 0.1) is 5.02 Å². The number of rotatable bonds is 6. The first-order chi connectivity index (χ1) is 12.2. The molecule has 0 aliphatic carbocycles. The van der Waals surface area contributed by atoms with Crippen LogP contribution in [0.2, 0.25) is 5.02 Å². The number of nitrogens with one attached hydrogen (secondary N) is 2. The standard InChI is InChI=1S/C19H22ClN3O2/c20-17-13-15(2-3-18(17)25-16-7-11-22-12-8-16)23-19(24)4-1-14-5-9-21-10-6-14/h2-3,7-8,11-14,21H,1,4-6,9-10H2,(H,23,24). The second kappa shape index (κ2) is 8.83. The van der Waals surface area contributed by atoms with Crippen molar-refractivity contribution in [3.63, 3.8) is 0 Å². The van der Waals surface area contributed by atoms with Gasteiger partial charge in [0.25, 0.3) is 0 Å². The van der Waals surface area contributed by atoms with Crippen LogP contribution >= 0.6 is 11.6 Å². The highest BCUT2D eigenvalue weighted by molar-refractivity contribution is 6.32. The van der Waals surface area contributed by atoms with Gasteiger partial charge in [-0.3, -0.25) is 9.78 Å². The van der Waals surface area contributed by atoms with Crippen LogP contribution in [-0.4, -0.2) is 24.0 Å². The maximum atomic E-state index is 12.1. The molecule has 2 aromatic rings. The minimum absolute atomic E-state index is 0.0254. The van der Waals surface area contributed by atoms with Gasteiger partial charge in [-0.15, -0.1) is 0 Å². The third-order valence-corrected chi connectivity index (χ3v) is 4.63. The molecule has 1 saturated heterocycles. The highest BCUT2D eigenvalue weighted by Gasteiger charge is 2.15. The molecular weight excluding hydrogens is 338 g/mol. The number of pyridine rings is 1. The van der Waals surface area contributed by atoms with Crippen molar-refractivity contribution in [1.29, 1.82) is 0 Å². The number of carbonyl (C=O) groups excluding carboxylic acids is 1. The lowest BCUT2D eigenvalue weighted by Gasteiger charge is -2.22. The van der Waals surface area contributed by atoms with Crippen molar-refractivity contribution < 1.29 is 9.53 Å². The van der Waals surface area contributed by atoms with Gasteiger partial charge >= 0.3 is 0 Å². The molecule has 2 N–H and O–H groups in total. The molecule has 0 saturated carbocycles. The van der Waals surface area contributed by atoms with E-state index in [1.54, 1.807) is 42.7 Å². The maximum Gasteiger partial charge on any atom is 0.224 e. The van der Waals surface area contributed by atoms with Crippen molar-refractivity contribution >= 4 is 23.2 Å². The molecule has 0 unspecified atom stereocenters. The predicted octanol–water partition coefficient (Wildman–Crippen LogP) is 4.25. The number of benzene rings is 1. The van der Waals surface area contributed by atoms with Crippen molar-refractivity contribution in [3.05, 3.63) is 47.7 Å². The molecule has 1 fully saturated rings. The largest absolute Gasteiger partial charge is 0.456 e. The average Bonchev–Trinajstić information content (AvgIpc) is 2.64. The van der Waals surface area contributed by atoms with Crippen LogP contribution in [0.3, 0.4) is 0 Å². The lowest BCUT2D eigenvalue weighted by atomic mass is 9.93. The van der Waals surface area contributed by atoms with E-state index in [4.69, 9.17) is 16.3 Å². The average molecular weight is 360 g/mol. The van der Waals surface area contributed by atoms with E-state index >= 15 is 0 Å². The summed E-state index contributed by atoms with van der Waals surface area (Å²) in [4.78, 5) is 16.1. The predicted molar refractivity (Wildman–Crippen MR) is 99.2 cm³/mol. The first kappa shape index (κ1) is 17.7. The number of hydrogen-bond acceptors (Lipinski definition) is 4. The van der Waals surface area contributed by atoms with Crippen LogP contribution < -0.4 is 15.4 Å². The van der Waals surface area contributed by atoms with Crippen LogP contribution in [0, 0.1) is 5.92 Å². The number of amides is 1. The van der Waals surface area contributed by atoms with Gasteiger partial charge in [0.15, 0.2) is 0 Å². The summed E-state index contributed by atoms with van der Waals surface area (Å²) in [6.07, 6.45) is 7.09. The van der Waals surface area contributed by atoms with Gasteiger partial charge in [-0.05, 0) is 68.6 Å². The lowest BCUT2D eigenvalue weighted by Crippen LogP contribution is -2.28. The smallest absolute Gasteiger partial charge is 0.224 e. The lowest BCUT2D eigenvalue weighted by molar-refractivity contribution is -0.116. The van der Waals surface area contributed by atoms with Gasteiger partial charge in [-0.1, -0.05) is 11.6 Å². The molecule has 3 rings (SSSR count). The summed E-state index contributed by atoms with van der Waals surface area (Å²) >= 11 is 6.26. The summed E-state index contributed by atoms with van der Waals surface area (Å²) < 4.78 is 5.71. The van der Waals surface area contributed by atoms with Gasteiger partial charge < -0.3 is 15.4 Å². The van der Waals surface area contributed by atoms with E-state index in [1.807, 2.05) is 0 Å². The number of ether oxygens (including phenoxy) is 1. The Labute approximate surface area is 152 Å². The monoisotopic (exact) mass is 359 g/mol. The number of anilines is 1. The molecule has 1 aliphatic heterocycles. The molecule has 1 aromatic carbocycles. The van der Waals surface area contributed by atoms with Crippen LogP contribution in [0.25, 0.3) is 0 Å². The minimum atomic E-state index is 0.0254. The SMILES string of the molecule is O=C(CCC1CCNCC1)Nc1ccc(Oc2ccncc2)c(Cl)c1. The molecule has 1 aliphatic rings. The van der Waals surface area contributed by atoms with Crippen molar-refractivity contribution in [2.75, 3.05) is 18.4 Å². The zero-order valence-corrected chi connectivity index (χ0v) is 14.8. The summed E-state index contributed by atoms with van der Waals surface area (Å²) in [6, 6.07) is 8.77. The summed E-state index contributed by atoms with van der Waals surface area (Å²) in [5, 5.41) is 6.70. The summed E-state index contributed by atoms with van der Waals surface area (Å²) in [5.74, 6) is 1.88. The Hall–Kier alpha value is -2.11. The fraction of sp³-hybridized carbons (Fsp3) is 0.368. The fourth-order valence-corrected chi connectivity index (χ4v) is 3.14. The third-order valence-electron chi connectivity index (χ3n) is 4.33. The third kappa shape index (κ3) is 5.44. The number of nitrogens with zero attached hydrogens (tertiary/aromatic N) is 1. The van der Waals surface area contributed by atoms with Crippen LogP contribution in [0.4, 0.5) is 5.69 Å². The topological polar surface area (TPSA) is 63.2 Å². The normalized spacial score (nSPS) is 14.9. The van der Waals surface area contributed by atoms with Crippen molar-refractivity contribution in [3.8, 4) is 11.5 Å². The molecule has 0 radical (unpaired) electrons. The molecule has 1 amide bonds. The van der Waals surface area contributed by atoms with Gasteiger partial charge in [-0.2, -0.15) is 0 Å². The van der Waals surface area contributed by atoms with Gasteiger partial charge in [0, 0.05) is 24.5 Å². The van der Waals surface area contributed by atoms with Gasteiger partial charge in [0.1, 0.15) is 11.5 Å². The molecule has 5 nitrogen and oxygen atoms in total. The Bertz CT molecular complexity index is 703. The zero-order chi connectivity index (χ0) is 17.5. The fourth-order valence-electron chi connectivity index (χ4n) is 2.92. The number of aromatic nitrogens is 1. The van der Waals surface area contributed by atoms with Gasteiger partial charge in [0.2, 0.25) is 5.91 Å². The quantitative estimate of drug-likeness (QED) is 0.809. The van der Waals surface area contributed by atoms with Crippen molar-refractivity contribution in [2.45, 2.75) is 25.7 Å². The second-order valence-corrected chi connectivity index (χ2v) is 6.62. The van der Waals surface area contributed by atoms with E-state index in [1.165, 1.54) is 0 Å². The maximum absolute atomic E-state index is 12.1. The molecule has 0 atom stereocenters. The summed E-state index contributed by atoms with van der Waals surface area (Å²) in [7, 11) is 0. The van der Waals surface area contributed by atoms with E-state index in [0.29, 0.717) is 34.5 Å². The molecule has 2 heterocycles. The molecule has 1 aromatic heterocycles. The second-order valence-electron chi connectivity index (χ2n) is 6.21.